The van der Waals surface area contributed by atoms with Crippen LogP contribution in [0.2, 0.25) is 0 Å². The number of rotatable bonds is 4. The second-order valence-corrected chi connectivity index (χ2v) is 10.7. The van der Waals surface area contributed by atoms with Crippen LogP contribution in [0, 0.1) is 17.4 Å². The summed E-state index contributed by atoms with van der Waals surface area (Å²) < 4.78 is 0. The minimum Gasteiger partial charge on any atom is -0.507 e. The van der Waals surface area contributed by atoms with E-state index in [-0.39, 0.29) is 26.8 Å². The predicted octanol–water partition coefficient (Wildman–Crippen LogP) is 8.16. The SMILES string of the molecule is N#Cc1ccc(-c2cc(-c3cc4ccccc4nn3)[c-]c(-c3cccc(-c4cc5nc6ccccc6nc5cc4O)n3)c2)cc1.[Pt]. The van der Waals surface area contributed by atoms with Gasteiger partial charge in [0.1, 0.15) is 5.75 Å². The molecule has 0 amide bonds. The van der Waals surface area contributed by atoms with Crippen LogP contribution in [0.1, 0.15) is 5.56 Å². The van der Waals surface area contributed by atoms with Gasteiger partial charge in [-0.3, -0.25) is 4.98 Å². The van der Waals surface area contributed by atoms with Crippen LogP contribution in [0.25, 0.3) is 77.9 Å². The topological polar surface area (TPSA) is 108 Å². The van der Waals surface area contributed by atoms with E-state index in [0.29, 0.717) is 39.2 Å². The third kappa shape index (κ3) is 5.36. The number of hydrogen-bond donors (Lipinski definition) is 1. The van der Waals surface area contributed by atoms with E-state index >= 15 is 0 Å². The van der Waals surface area contributed by atoms with Gasteiger partial charge in [0.2, 0.25) is 0 Å². The van der Waals surface area contributed by atoms with Crippen LogP contribution in [-0.4, -0.2) is 30.3 Å². The molecule has 0 bridgehead atoms. The molecule has 5 aromatic carbocycles. The summed E-state index contributed by atoms with van der Waals surface area (Å²) in [6.45, 7) is 0. The molecule has 0 unspecified atom stereocenters. The third-order valence-corrected chi connectivity index (χ3v) is 7.74. The molecule has 46 heavy (non-hydrogen) atoms. The van der Waals surface area contributed by atoms with Gasteiger partial charge < -0.3 is 5.11 Å². The van der Waals surface area contributed by atoms with Gasteiger partial charge in [0.05, 0.1) is 44.9 Å². The van der Waals surface area contributed by atoms with Crippen molar-refractivity contribution in [3.8, 4) is 56.7 Å². The van der Waals surface area contributed by atoms with Crippen LogP contribution in [0.3, 0.4) is 0 Å². The molecule has 0 fully saturated rings. The van der Waals surface area contributed by atoms with E-state index in [1.54, 1.807) is 18.2 Å². The van der Waals surface area contributed by atoms with Gasteiger partial charge in [-0.15, -0.1) is 18.2 Å². The minimum absolute atomic E-state index is 0. The van der Waals surface area contributed by atoms with Crippen molar-refractivity contribution in [3.63, 3.8) is 0 Å². The number of aromatic nitrogens is 5. The number of fused-ring (bicyclic) bond motifs is 3. The molecule has 7 nitrogen and oxygen atoms in total. The van der Waals surface area contributed by atoms with Crippen molar-refractivity contribution in [1.29, 1.82) is 5.26 Å². The summed E-state index contributed by atoms with van der Waals surface area (Å²) in [7, 11) is 0. The van der Waals surface area contributed by atoms with Crippen LogP contribution in [0.4, 0.5) is 0 Å². The van der Waals surface area contributed by atoms with Crippen molar-refractivity contribution in [2.45, 2.75) is 0 Å². The van der Waals surface area contributed by atoms with Crippen LogP contribution in [0.15, 0.2) is 121 Å². The number of hydrogen-bond acceptors (Lipinski definition) is 7. The van der Waals surface area contributed by atoms with Gasteiger partial charge in [0.25, 0.3) is 0 Å². The van der Waals surface area contributed by atoms with Crippen molar-refractivity contribution in [1.82, 2.24) is 25.1 Å². The monoisotopic (exact) mass is 772 g/mol. The fourth-order valence-corrected chi connectivity index (χ4v) is 5.46. The Morgan fingerprint density at radius 1 is 0.543 bits per heavy atom. The first-order valence-electron chi connectivity index (χ1n) is 14.3. The number of phenols is 1. The Balaban J connectivity index is 0.00000338. The number of benzene rings is 5. The molecule has 0 aliphatic heterocycles. The molecular formula is C38H21N6OPt-. The molecule has 0 spiro atoms. The average molecular weight is 773 g/mol. The molecule has 0 saturated carbocycles. The van der Waals surface area contributed by atoms with Gasteiger partial charge >= 0.3 is 0 Å². The molecule has 3 aromatic heterocycles. The van der Waals surface area contributed by atoms with Crippen LogP contribution < -0.4 is 0 Å². The summed E-state index contributed by atoms with van der Waals surface area (Å²) in [6, 6.07) is 43.8. The molecule has 0 aliphatic carbocycles. The zero-order chi connectivity index (χ0) is 30.3. The van der Waals surface area contributed by atoms with E-state index in [9.17, 15) is 10.4 Å². The molecule has 0 radical (unpaired) electrons. The molecule has 8 aromatic rings. The predicted molar refractivity (Wildman–Crippen MR) is 175 cm³/mol. The number of aromatic hydroxyl groups is 1. The quantitative estimate of drug-likeness (QED) is 0.142. The standard InChI is InChI=1S/C38H21N6O.Pt/c39-22-23-12-14-24(15-13-23)26-16-27(18-28(17-26)35-19-25-6-1-2-7-31(25)43-44-35)30-10-5-11-32(40-30)29-20-36-37(21-38(29)45)42-34-9-4-3-8-33(34)41-36;/h1-17,19-21,45H;/q-1;. The first-order chi connectivity index (χ1) is 22.1. The van der Waals surface area contributed by atoms with Gasteiger partial charge in [-0.05, 0) is 53.4 Å². The van der Waals surface area contributed by atoms with Crippen molar-refractivity contribution in [2.75, 3.05) is 0 Å². The van der Waals surface area contributed by atoms with Crippen molar-refractivity contribution in [3.05, 3.63) is 133 Å². The van der Waals surface area contributed by atoms with Gasteiger partial charge in [-0.25, -0.2) is 9.97 Å². The average Bonchev–Trinajstić information content (AvgIpc) is 3.10. The number of nitrogens with zero attached hydrogens (tertiary/aromatic N) is 6. The molecule has 8 heteroatoms. The number of pyridine rings is 1. The molecule has 0 atom stereocenters. The summed E-state index contributed by atoms with van der Waals surface area (Å²) >= 11 is 0. The Bertz CT molecular complexity index is 2470. The van der Waals surface area contributed by atoms with E-state index in [1.165, 1.54) is 0 Å². The van der Waals surface area contributed by atoms with Crippen molar-refractivity contribution < 1.29 is 26.2 Å². The minimum atomic E-state index is 0. The molecule has 220 valence electrons. The fraction of sp³-hybridized carbons (Fsp3) is 0. The van der Waals surface area contributed by atoms with Gasteiger partial charge in [0.15, 0.2) is 0 Å². The van der Waals surface area contributed by atoms with Crippen molar-refractivity contribution in [2.24, 2.45) is 0 Å². The zero-order valence-electron chi connectivity index (χ0n) is 24.0. The molecular weight excluding hydrogens is 752 g/mol. The van der Waals surface area contributed by atoms with Gasteiger partial charge in [-0.1, -0.05) is 77.4 Å². The van der Waals surface area contributed by atoms with E-state index in [2.05, 4.69) is 27.3 Å². The van der Waals surface area contributed by atoms with E-state index in [1.807, 2.05) is 103 Å². The Labute approximate surface area is 278 Å². The second kappa shape index (κ2) is 11.9. The first kappa shape index (κ1) is 28.9. The molecule has 1 N–H and O–H groups in total. The number of para-hydroxylation sites is 2. The van der Waals surface area contributed by atoms with Gasteiger partial charge in [0, 0.05) is 44.1 Å². The van der Waals surface area contributed by atoms with Crippen molar-refractivity contribution >= 4 is 33.0 Å². The van der Waals surface area contributed by atoms with E-state index < -0.39 is 0 Å². The van der Waals surface area contributed by atoms with E-state index in [0.717, 1.165) is 44.2 Å². The van der Waals surface area contributed by atoms with Crippen LogP contribution in [0.5, 0.6) is 5.75 Å². The normalized spacial score (nSPS) is 10.9. The fourth-order valence-electron chi connectivity index (χ4n) is 5.46. The largest absolute Gasteiger partial charge is 0.507 e. The molecule has 3 heterocycles. The maximum absolute atomic E-state index is 11.1. The molecule has 8 rings (SSSR count). The molecule has 0 saturated heterocycles. The van der Waals surface area contributed by atoms with Crippen LogP contribution >= 0.6 is 0 Å². The zero-order valence-corrected chi connectivity index (χ0v) is 26.3. The Morgan fingerprint density at radius 3 is 1.93 bits per heavy atom. The van der Waals surface area contributed by atoms with E-state index in [4.69, 9.17) is 9.97 Å². The summed E-state index contributed by atoms with van der Waals surface area (Å²) in [5, 5.41) is 30.3. The maximum Gasteiger partial charge on any atom is 0.127 e. The summed E-state index contributed by atoms with van der Waals surface area (Å²) in [5.74, 6) is 0.0687. The summed E-state index contributed by atoms with van der Waals surface area (Å²) in [6.07, 6.45) is 0. The molecule has 0 aliphatic rings. The Kier molecular flexibility index (Phi) is 7.50. The maximum atomic E-state index is 11.1. The summed E-state index contributed by atoms with van der Waals surface area (Å²) in [5.41, 5.74) is 10.1. The van der Waals surface area contributed by atoms with Gasteiger partial charge in [-0.2, -0.15) is 15.5 Å². The Morgan fingerprint density at radius 2 is 1.20 bits per heavy atom. The summed E-state index contributed by atoms with van der Waals surface area (Å²) in [4.78, 5) is 14.4. The first-order valence-corrected chi connectivity index (χ1v) is 14.3. The number of nitriles is 1. The third-order valence-electron chi connectivity index (χ3n) is 7.74. The smallest absolute Gasteiger partial charge is 0.127 e. The van der Waals surface area contributed by atoms with Crippen LogP contribution in [-0.2, 0) is 21.1 Å². The number of phenolic OH excluding ortho intramolecular Hbond substituents is 1. The second-order valence-electron chi connectivity index (χ2n) is 10.7. The Hall–Kier alpha value is -5.83.